The van der Waals surface area contributed by atoms with E-state index in [0.717, 1.165) is 15.6 Å². The highest BCUT2D eigenvalue weighted by Gasteiger charge is 2.15. The molecule has 3 aromatic carbocycles. The molecule has 0 bridgehead atoms. The first-order valence-corrected chi connectivity index (χ1v) is 8.35. The van der Waals surface area contributed by atoms with Crippen LogP contribution in [0.25, 0.3) is 10.8 Å². The molecule has 0 fully saturated rings. The molecule has 0 aromatic heterocycles. The van der Waals surface area contributed by atoms with Crippen LogP contribution in [0.15, 0.2) is 59.1 Å². The molecule has 0 N–H and O–H groups in total. The monoisotopic (exact) mass is 406 g/mol. The van der Waals surface area contributed by atoms with Crippen molar-refractivity contribution in [3.63, 3.8) is 0 Å². The second-order valence-corrected chi connectivity index (χ2v) is 6.91. The predicted octanol–water partition coefficient (Wildman–Crippen LogP) is 6.53. The molecule has 106 valence electrons. The molecule has 1 unspecified atom stereocenters. The fourth-order valence-electron chi connectivity index (χ4n) is 2.60. The second-order valence-electron chi connectivity index (χ2n) is 5.08. The summed E-state index contributed by atoms with van der Waals surface area (Å²) in [6.07, 6.45) is 0. The Morgan fingerprint density at radius 3 is 2.38 bits per heavy atom. The molecule has 0 aliphatic carbocycles. The maximum atomic E-state index is 13.6. The van der Waals surface area contributed by atoms with Gasteiger partial charge in [-0.25, -0.2) is 4.39 Å². The molecule has 0 saturated heterocycles. The molecule has 1 atom stereocenters. The molecule has 3 aromatic rings. The van der Waals surface area contributed by atoms with Crippen LogP contribution in [0, 0.1) is 12.7 Å². The van der Waals surface area contributed by atoms with Gasteiger partial charge in [-0.1, -0.05) is 68.3 Å². The molecular weight excluding hydrogens is 395 g/mol. The number of alkyl halides is 1. The summed E-state index contributed by atoms with van der Waals surface area (Å²) in [5.74, 6) is -0.236. The summed E-state index contributed by atoms with van der Waals surface area (Å²) in [7, 11) is 0. The standard InChI is InChI=1S/C18H13Br2F/c1-11-6-7-17(16-5-3-2-4-15(11)16)18(20)12-8-13(19)10-14(21)9-12/h2-10,18H,1H3. The molecule has 0 heterocycles. The summed E-state index contributed by atoms with van der Waals surface area (Å²) < 4.78 is 14.4. The average molecular weight is 408 g/mol. The highest BCUT2D eigenvalue weighted by molar-refractivity contribution is 9.10. The van der Waals surface area contributed by atoms with Crippen molar-refractivity contribution in [1.82, 2.24) is 0 Å². The van der Waals surface area contributed by atoms with Crippen LogP contribution in [0.4, 0.5) is 4.39 Å². The molecule has 0 amide bonds. The average Bonchev–Trinajstić information content (AvgIpc) is 2.46. The van der Waals surface area contributed by atoms with Gasteiger partial charge in [-0.15, -0.1) is 0 Å². The van der Waals surface area contributed by atoms with Crippen LogP contribution in [0.2, 0.25) is 0 Å². The Kier molecular flexibility index (Phi) is 4.14. The summed E-state index contributed by atoms with van der Waals surface area (Å²) in [6, 6.07) is 17.5. The number of benzene rings is 3. The Bertz CT molecular complexity index is 791. The zero-order chi connectivity index (χ0) is 15.0. The number of aryl methyl sites for hydroxylation is 1. The van der Waals surface area contributed by atoms with Gasteiger partial charge in [0.1, 0.15) is 5.82 Å². The summed E-state index contributed by atoms with van der Waals surface area (Å²) in [6.45, 7) is 2.11. The summed E-state index contributed by atoms with van der Waals surface area (Å²) in [5, 5.41) is 2.43. The van der Waals surface area contributed by atoms with Crippen LogP contribution in [0.3, 0.4) is 0 Å². The highest BCUT2D eigenvalue weighted by Crippen LogP contribution is 2.37. The van der Waals surface area contributed by atoms with Crippen LogP contribution in [0.5, 0.6) is 0 Å². The van der Waals surface area contributed by atoms with Gasteiger partial charge in [-0.2, -0.15) is 0 Å². The molecule has 21 heavy (non-hydrogen) atoms. The third-order valence-corrected chi connectivity index (χ3v) is 5.11. The van der Waals surface area contributed by atoms with Crippen LogP contribution in [-0.4, -0.2) is 0 Å². The lowest BCUT2D eigenvalue weighted by molar-refractivity contribution is 0.625. The number of halogens is 3. The number of hydrogen-bond acceptors (Lipinski definition) is 0. The molecule has 0 nitrogen and oxygen atoms in total. The van der Waals surface area contributed by atoms with Crippen molar-refractivity contribution in [1.29, 1.82) is 0 Å². The van der Waals surface area contributed by atoms with Crippen molar-refractivity contribution in [2.24, 2.45) is 0 Å². The van der Waals surface area contributed by atoms with Gasteiger partial charge in [-0.3, -0.25) is 0 Å². The van der Waals surface area contributed by atoms with Crippen molar-refractivity contribution in [3.8, 4) is 0 Å². The van der Waals surface area contributed by atoms with Gasteiger partial charge in [0.25, 0.3) is 0 Å². The van der Waals surface area contributed by atoms with Crippen LogP contribution < -0.4 is 0 Å². The fraction of sp³-hybridized carbons (Fsp3) is 0.111. The third kappa shape index (κ3) is 2.90. The van der Waals surface area contributed by atoms with E-state index < -0.39 is 0 Å². The molecule has 0 aliphatic rings. The molecular formula is C18H13Br2F. The third-order valence-electron chi connectivity index (χ3n) is 3.63. The number of rotatable bonds is 2. The quantitative estimate of drug-likeness (QED) is 0.423. The van der Waals surface area contributed by atoms with E-state index in [1.54, 1.807) is 6.07 Å². The van der Waals surface area contributed by atoms with E-state index in [4.69, 9.17) is 0 Å². The Labute approximate surface area is 140 Å². The maximum absolute atomic E-state index is 13.6. The normalized spacial score (nSPS) is 12.6. The van der Waals surface area contributed by atoms with Crippen molar-refractivity contribution in [2.75, 3.05) is 0 Å². The van der Waals surface area contributed by atoms with Crippen molar-refractivity contribution in [2.45, 2.75) is 11.8 Å². The molecule has 0 radical (unpaired) electrons. The lowest BCUT2D eigenvalue weighted by atomic mass is 9.96. The first-order valence-electron chi connectivity index (χ1n) is 6.64. The topological polar surface area (TPSA) is 0 Å². The summed E-state index contributed by atoms with van der Waals surface area (Å²) >= 11 is 7.07. The first kappa shape index (κ1) is 14.7. The minimum Gasteiger partial charge on any atom is -0.207 e. The Hall–Kier alpha value is -1.19. The summed E-state index contributed by atoms with van der Waals surface area (Å²) in [4.78, 5) is -0.0463. The fourth-order valence-corrected chi connectivity index (χ4v) is 3.74. The van der Waals surface area contributed by atoms with Crippen molar-refractivity contribution >= 4 is 42.6 Å². The van der Waals surface area contributed by atoms with Gasteiger partial charge in [0, 0.05) is 4.47 Å². The second kappa shape index (κ2) is 5.90. The highest BCUT2D eigenvalue weighted by atomic mass is 79.9. The van der Waals surface area contributed by atoms with Crippen LogP contribution >= 0.6 is 31.9 Å². The maximum Gasteiger partial charge on any atom is 0.124 e. The zero-order valence-corrected chi connectivity index (χ0v) is 14.6. The number of hydrogen-bond donors (Lipinski definition) is 0. The van der Waals surface area contributed by atoms with E-state index in [-0.39, 0.29) is 10.6 Å². The van der Waals surface area contributed by atoms with Gasteiger partial charge >= 0.3 is 0 Å². The van der Waals surface area contributed by atoms with E-state index in [9.17, 15) is 4.39 Å². The summed E-state index contributed by atoms with van der Waals surface area (Å²) in [5.41, 5.74) is 3.29. The molecule has 0 aliphatic heterocycles. The molecule has 3 rings (SSSR count). The van der Waals surface area contributed by atoms with Gasteiger partial charge in [0.05, 0.1) is 4.83 Å². The molecule has 0 spiro atoms. The number of fused-ring (bicyclic) bond motifs is 1. The Morgan fingerprint density at radius 2 is 1.67 bits per heavy atom. The van der Waals surface area contributed by atoms with E-state index in [2.05, 4.69) is 63.0 Å². The minimum absolute atomic E-state index is 0.0463. The first-order chi connectivity index (χ1) is 10.1. The van der Waals surface area contributed by atoms with Crippen LogP contribution in [-0.2, 0) is 0 Å². The van der Waals surface area contributed by atoms with E-state index >= 15 is 0 Å². The van der Waals surface area contributed by atoms with Crippen molar-refractivity contribution in [3.05, 3.63) is 81.6 Å². The van der Waals surface area contributed by atoms with Gasteiger partial charge in [-0.05, 0) is 52.6 Å². The molecule has 3 heteroatoms. The van der Waals surface area contributed by atoms with Gasteiger partial charge in [0.15, 0.2) is 0 Å². The van der Waals surface area contributed by atoms with E-state index in [0.29, 0.717) is 0 Å². The largest absolute Gasteiger partial charge is 0.207 e. The Morgan fingerprint density at radius 1 is 0.952 bits per heavy atom. The van der Waals surface area contributed by atoms with Gasteiger partial charge in [0.2, 0.25) is 0 Å². The predicted molar refractivity (Wildman–Crippen MR) is 93.6 cm³/mol. The zero-order valence-electron chi connectivity index (χ0n) is 11.4. The van der Waals surface area contributed by atoms with Gasteiger partial charge < -0.3 is 0 Å². The molecule has 0 saturated carbocycles. The SMILES string of the molecule is Cc1ccc(C(Br)c2cc(F)cc(Br)c2)c2ccccc12. The Balaban J connectivity index is 2.18. The smallest absolute Gasteiger partial charge is 0.124 e. The van der Waals surface area contributed by atoms with Crippen LogP contribution in [0.1, 0.15) is 21.5 Å². The lowest BCUT2D eigenvalue weighted by Crippen LogP contribution is -1.96. The van der Waals surface area contributed by atoms with E-state index in [1.165, 1.54) is 22.4 Å². The minimum atomic E-state index is -0.236. The lowest BCUT2D eigenvalue weighted by Gasteiger charge is -2.15. The van der Waals surface area contributed by atoms with E-state index in [1.807, 2.05) is 18.2 Å². The van der Waals surface area contributed by atoms with Crippen molar-refractivity contribution < 1.29 is 4.39 Å².